The molecule has 0 spiro atoms. The summed E-state index contributed by atoms with van der Waals surface area (Å²) in [5.74, 6) is 0. The Labute approximate surface area is 206 Å². The number of hydrogen-bond donors (Lipinski definition) is 0. The van der Waals surface area contributed by atoms with E-state index in [-0.39, 0.29) is 51.0 Å². The summed E-state index contributed by atoms with van der Waals surface area (Å²) in [4.78, 5) is 10.5. The van der Waals surface area contributed by atoms with Crippen molar-refractivity contribution in [3.63, 3.8) is 0 Å². The molecule has 4 nitrogen and oxygen atoms in total. The minimum Gasteiger partial charge on any atom is -1.00 e. The van der Waals surface area contributed by atoms with Gasteiger partial charge in [-0.1, -0.05) is 60.7 Å². The standard InChI is InChI=1S/C18H21N2.C4H8N2.2BrH.Cu/c1-20(13-12-19-15-20)18(17-10-6-3-7-11-17)14-16-8-4-2-5-9-16;1-6-3-2-5-4-6;;;/h2-11,15,18H,12-14H2,1H3;4H,2-3H2,1H3;2*1H;/q+1;;;;+2/p-2. The third kappa shape index (κ3) is 8.35. The molecule has 4 rings (SSSR count). The van der Waals surface area contributed by atoms with Crippen LogP contribution in [0.1, 0.15) is 17.2 Å². The predicted octanol–water partition coefficient (Wildman–Crippen LogP) is -2.58. The number of likely N-dealkylation sites (N-methyl/N-ethyl adjacent to an activating group) is 2. The van der Waals surface area contributed by atoms with E-state index >= 15 is 0 Å². The fourth-order valence-electron chi connectivity index (χ4n) is 3.46. The van der Waals surface area contributed by atoms with Crippen LogP contribution in [-0.4, -0.2) is 62.3 Å². The van der Waals surface area contributed by atoms with Gasteiger partial charge in [0.2, 0.25) is 0 Å². The maximum atomic E-state index is 4.47. The molecular formula is C22H29Br2CuN4+. The van der Waals surface area contributed by atoms with E-state index in [0.29, 0.717) is 6.04 Å². The van der Waals surface area contributed by atoms with Crippen LogP contribution in [0.3, 0.4) is 0 Å². The van der Waals surface area contributed by atoms with Gasteiger partial charge in [0.1, 0.15) is 12.6 Å². The Morgan fingerprint density at radius 1 is 0.931 bits per heavy atom. The number of rotatable bonds is 4. The maximum absolute atomic E-state index is 4.47. The molecule has 2 aromatic carbocycles. The Kier molecular flexibility index (Phi) is 13.6. The molecule has 2 atom stereocenters. The summed E-state index contributed by atoms with van der Waals surface area (Å²) in [6, 6.07) is 22.0. The molecule has 2 aliphatic heterocycles. The minimum absolute atomic E-state index is 0. The summed E-state index contributed by atoms with van der Waals surface area (Å²) in [5, 5.41) is 0. The van der Waals surface area contributed by atoms with Crippen LogP contribution in [-0.2, 0) is 23.5 Å². The van der Waals surface area contributed by atoms with Gasteiger partial charge in [-0.05, 0) is 5.56 Å². The summed E-state index contributed by atoms with van der Waals surface area (Å²) in [7, 11) is 4.31. The van der Waals surface area contributed by atoms with Crippen molar-refractivity contribution in [3.8, 4) is 0 Å². The van der Waals surface area contributed by atoms with Crippen molar-refractivity contribution in [1.29, 1.82) is 0 Å². The summed E-state index contributed by atoms with van der Waals surface area (Å²) < 4.78 is 0.902. The molecule has 0 N–H and O–H groups in total. The molecule has 29 heavy (non-hydrogen) atoms. The van der Waals surface area contributed by atoms with Crippen molar-refractivity contribution in [2.45, 2.75) is 12.5 Å². The van der Waals surface area contributed by atoms with Gasteiger partial charge in [0.15, 0.2) is 6.34 Å². The Hall–Kier alpha value is -0.981. The number of aliphatic imine (C=N–C) groups is 2. The Morgan fingerprint density at radius 3 is 2.00 bits per heavy atom. The van der Waals surface area contributed by atoms with Crippen LogP contribution in [0.25, 0.3) is 0 Å². The zero-order chi connectivity index (χ0) is 18.2. The van der Waals surface area contributed by atoms with E-state index in [0.717, 1.165) is 37.1 Å². The number of nitrogens with zero attached hydrogens (tertiary/aromatic N) is 4. The third-order valence-corrected chi connectivity index (χ3v) is 5.09. The van der Waals surface area contributed by atoms with E-state index in [1.54, 1.807) is 0 Å². The molecule has 2 heterocycles. The van der Waals surface area contributed by atoms with Crippen molar-refractivity contribution >= 4 is 12.7 Å². The van der Waals surface area contributed by atoms with Gasteiger partial charge in [0, 0.05) is 25.6 Å². The molecule has 2 unspecified atom stereocenters. The number of quaternary nitrogens is 1. The SMILES string of the molecule is CN1C=NCC1.C[N+]1(C(Cc2ccccc2)c2ccccc2)C=NCC1.[Br-].[Br-].[Cu+2]. The molecule has 0 amide bonds. The third-order valence-electron chi connectivity index (χ3n) is 5.09. The number of benzene rings is 2. The van der Waals surface area contributed by atoms with Crippen LogP contribution in [0, 0.1) is 0 Å². The minimum atomic E-state index is 0. The first-order valence-electron chi connectivity index (χ1n) is 9.32. The van der Waals surface area contributed by atoms with Crippen LogP contribution in [0.2, 0.25) is 0 Å². The van der Waals surface area contributed by atoms with Crippen molar-refractivity contribution in [2.24, 2.45) is 9.98 Å². The molecule has 0 saturated heterocycles. The van der Waals surface area contributed by atoms with Gasteiger partial charge >= 0.3 is 17.1 Å². The topological polar surface area (TPSA) is 28.0 Å². The van der Waals surface area contributed by atoms with Crippen molar-refractivity contribution in [3.05, 3.63) is 71.8 Å². The van der Waals surface area contributed by atoms with Crippen LogP contribution in [0.15, 0.2) is 70.6 Å². The number of hydrogen-bond acceptors (Lipinski definition) is 3. The summed E-state index contributed by atoms with van der Waals surface area (Å²) in [5.41, 5.74) is 2.79. The first kappa shape index (κ1) is 28.0. The van der Waals surface area contributed by atoms with E-state index < -0.39 is 0 Å². The van der Waals surface area contributed by atoms with Crippen LogP contribution in [0.4, 0.5) is 0 Å². The maximum Gasteiger partial charge on any atom is 2.00 e. The van der Waals surface area contributed by atoms with Gasteiger partial charge < -0.3 is 38.9 Å². The first-order valence-corrected chi connectivity index (χ1v) is 9.32. The molecule has 0 aliphatic carbocycles. The average molecular weight is 573 g/mol. The molecule has 2 aliphatic rings. The van der Waals surface area contributed by atoms with Gasteiger partial charge in [-0.25, -0.2) is 4.99 Å². The van der Waals surface area contributed by atoms with Crippen LogP contribution >= 0.6 is 0 Å². The van der Waals surface area contributed by atoms with Crippen molar-refractivity contribution < 1.29 is 55.5 Å². The molecular weight excluding hydrogens is 544 g/mol. The molecule has 0 bridgehead atoms. The van der Waals surface area contributed by atoms with Crippen LogP contribution in [0.5, 0.6) is 0 Å². The Bertz CT molecular complexity index is 743. The smallest absolute Gasteiger partial charge is 1.00 e. The van der Waals surface area contributed by atoms with Crippen molar-refractivity contribution in [2.75, 3.05) is 40.3 Å². The van der Waals surface area contributed by atoms with E-state index in [1.165, 1.54) is 11.1 Å². The average Bonchev–Trinajstić information content (AvgIpc) is 3.34. The fraction of sp³-hybridized carbons (Fsp3) is 0.364. The molecule has 7 heteroatoms. The van der Waals surface area contributed by atoms with E-state index in [9.17, 15) is 0 Å². The predicted molar refractivity (Wildman–Crippen MR) is 110 cm³/mol. The second-order valence-corrected chi connectivity index (χ2v) is 7.21. The molecule has 0 aromatic heterocycles. The fourth-order valence-corrected chi connectivity index (χ4v) is 3.46. The molecule has 161 valence electrons. The normalized spacial score (nSPS) is 19.9. The van der Waals surface area contributed by atoms with Crippen LogP contribution < -0.4 is 34.0 Å². The van der Waals surface area contributed by atoms with E-state index in [1.807, 2.05) is 13.4 Å². The Morgan fingerprint density at radius 2 is 1.55 bits per heavy atom. The zero-order valence-electron chi connectivity index (χ0n) is 16.9. The second kappa shape index (κ2) is 14.1. The van der Waals surface area contributed by atoms with E-state index in [2.05, 4.69) is 88.9 Å². The Balaban J connectivity index is 0.000000757. The molecule has 0 saturated carbocycles. The van der Waals surface area contributed by atoms with Gasteiger partial charge in [0.25, 0.3) is 0 Å². The van der Waals surface area contributed by atoms with Gasteiger partial charge in [-0.3, -0.25) is 9.48 Å². The summed E-state index contributed by atoms with van der Waals surface area (Å²) in [6.07, 6.45) is 5.04. The monoisotopic (exact) mass is 570 g/mol. The number of halogens is 2. The van der Waals surface area contributed by atoms with Gasteiger partial charge in [-0.2, -0.15) is 0 Å². The van der Waals surface area contributed by atoms with E-state index in [4.69, 9.17) is 0 Å². The zero-order valence-corrected chi connectivity index (χ0v) is 21.0. The second-order valence-electron chi connectivity index (χ2n) is 7.21. The molecule has 1 radical (unpaired) electrons. The largest absolute Gasteiger partial charge is 2.00 e. The molecule has 2 aromatic rings. The summed E-state index contributed by atoms with van der Waals surface area (Å²) >= 11 is 0. The van der Waals surface area contributed by atoms with Gasteiger partial charge in [-0.15, -0.1) is 0 Å². The quantitative estimate of drug-likeness (QED) is 0.293. The summed E-state index contributed by atoms with van der Waals surface area (Å²) in [6.45, 7) is 4.11. The van der Waals surface area contributed by atoms with Gasteiger partial charge in [0.05, 0.1) is 26.5 Å². The first-order chi connectivity index (χ1) is 12.7. The van der Waals surface area contributed by atoms with Crippen molar-refractivity contribution in [1.82, 2.24) is 4.90 Å². The molecule has 0 fully saturated rings.